The molecule has 3 aliphatic heterocycles. The van der Waals surface area contributed by atoms with Crippen LogP contribution in [0.25, 0.3) is 0 Å². The molecule has 0 saturated heterocycles. The van der Waals surface area contributed by atoms with E-state index in [1.165, 1.54) is 38.5 Å². The van der Waals surface area contributed by atoms with Crippen LogP contribution in [-0.4, -0.2) is 13.4 Å². The Kier molecular flexibility index (Phi) is 12.9. The smallest absolute Gasteiger partial charge is 0.256 e. The molecule has 0 N–H and O–H groups in total. The van der Waals surface area contributed by atoms with E-state index >= 15 is 0 Å². The molecule has 0 unspecified atom stereocenters. The third-order valence-corrected chi connectivity index (χ3v) is 17.0. The van der Waals surface area contributed by atoms with E-state index in [-0.39, 0.29) is 25.3 Å². The van der Waals surface area contributed by atoms with Gasteiger partial charge in [0, 0.05) is 68.6 Å². The van der Waals surface area contributed by atoms with E-state index in [4.69, 9.17) is 4.74 Å². The van der Waals surface area contributed by atoms with Crippen molar-refractivity contribution in [2.75, 3.05) is 19.6 Å². The lowest BCUT2D eigenvalue weighted by atomic mass is 9.30. The quantitative estimate of drug-likeness (QED) is 0.113. The zero-order chi connectivity index (χ0) is 55.6. The fourth-order valence-corrected chi connectivity index (χ4v) is 13.3. The van der Waals surface area contributed by atoms with Gasteiger partial charge >= 0.3 is 0 Å². The summed E-state index contributed by atoms with van der Waals surface area (Å²) in [5, 5.41) is 0. The van der Waals surface area contributed by atoms with Crippen LogP contribution < -0.4 is 57.1 Å². The number of rotatable bonds is 12. The van der Waals surface area contributed by atoms with Gasteiger partial charge in [-0.05, 0) is 165 Å². The zero-order valence-corrected chi connectivity index (χ0v) is 47.4. The summed E-state index contributed by atoms with van der Waals surface area (Å²) in [7, 11) is 0. The van der Waals surface area contributed by atoms with Gasteiger partial charge in [0.2, 0.25) is 6.71 Å². The fourth-order valence-electron chi connectivity index (χ4n) is 13.3. The first-order valence-corrected chi connectivity index (χ1v) is 29.1. The molecular weight excluding hydrogens is 994 g/mol. The molecule has 3 heterocycles. The van der Waals surface area contributed by atoms with Crippen molar-refractivity contribution in [2.24, 2.45) is 0 Å². The van der Waals surface area contributed by atoms with Crippen molar-refractivity contribution in [3.05, 3.63) is 278 Å². The van der Waals surface area contributed by atoms with Crippen LogP contribution in [0.15, 0.2) is 261 Å². The summed E-state index contributed by atoms with van der Waals surface area (Å²) < 4.78 is 7.25. The van der Waals surface area contributed by atoms with Crippen LogP contribution in [0.2, 0.25) is 0 Å². The molecular formula is C75H64B2N4O. The summed E-state index contributed by atoms with van der Waals surface area (Å²) in [6, 6.07) is 96.0. The monoisotopic (exact) mass is 1060 g/mol. The Labute approximate surface area is 484 Å². The Balaban J connectivity index is 1.10. The van der Waals surface area contributed by atoms with E-state index in [0.717, 1.165) is 90.7 Å². The van der Waals surface area contributed by atoms with Crippen molar-refractivity contribution in [2.45, 2.75) is 59.3 Å². The molecule has 396 valence electrons. The molecule has 0 radical (unpaired) electrons. The molecule has 82 heavy (non-hydrogen) atoms. The number of nitrogens with zero attached hydrogens (tertiary/aromatic N) is 4. The number of hydrogen-bond donors (Lipinski definition) is 0. The zero-order valence-electron chi connectivity index (χ0n) is 47.4. The molecule has 11 aromatic rings. The van der Waals surface area contributed by atoms with Crippen molar-refractivity contribution in [1.82, 2.24) is 0 Å². The molecule has 0 bridgehead atoms. The molecule has 5 nitrogen and oxygen atoms in total. The Bertz CT molecular complexity index is 4030. The summed E-state index contributed by atoms with van der Waals surface area (Å²) in [6.07, 6.45) is 0. The summed E-state index contributed by atoms with van der Waals surface area (Å²) in [5.74, 6) is 2.63. The molecule has 0 spiro atoms. The maximum Gasteiger partial charge on any atom is 0.256 e. The van der Waals surface area contributed by atoms with Gasteiger partial charge in [0.1, 0.15) is 11.5 Å². The van der Waals surface area contributed by atoms with E-state index in [1.54, 1.807) is 0 Å². The summed E-state index contributed by atoms with van der Waals surface area (Å²) in [6.45, 7) is 14.0. The largest absolute Gasteiger partial charge is 0.458 e. The molecule has 0 aromatic heterocycles. The highest BCUT2D eigenvalue weighted by Gasteiger charge is 2.46. The Morgan fingerprint density at radius 2 is 0.720 bits per heavy atom. The third-order valence-electron chi connectivity index (χ3n) is 17.0. The average molecular weight is 1060 g/mol. The second-order valence-corrected chi connectivity index (χ2v) is 23.0. The molecule has 0 fully saturated rings. The van der Waals surface area contributed by atoms with Crippen molar-refractivity contribution in [1.29, 1.82) is 0 Å². The van der Waals surface area contributed by atoms with Crippen LogP contribution in [0.1, 0.15) is 76.0 Å². The highest BCUT2D eigenvalue weighted by molar-refractivity contribution is 7.01. The Morgan fingerprint density at radius 1 is 0.305 bits per heavy atom. The van der Waals surface area contributed by atoms with Crippen LogP contribution in [0, 0.1) is 0 Å². The van der Waals surface area contributed by atoms with Crippen molar-refractivity contribution in [3.63, 3.8) is 0 Å². The number of ether oxygens (including phenoxy) is 1. The van der Waals surface area contributed by atoms with E-state index < -0.39 is 0 Å². The second-order valence-electron chi connectivity index (χ2n) is 23.0. The van der Waals surface area contributed by atoms with Crippen LogP contribution in [-0.2, 0) is 0 Å². The molecule has 7 heteroatoms. The molecule has 11 aromatic carbocycles. The van der Waals surface area contributed by atoms with Crippen molar-refractivity contribution >= 4 is 114 Å². The van der Waals surface area contributed by atoms with Gasteiger partial charge in [-0.25, -0.2) is 0 Å². The SMILES string of the molecule is CC(C)c1cc(C(C)C)c(B2c3ccc(N(c4ccccc4)c4ccccc4)cc3N(c3ccccc3)c3cc4c(cc32)B2c3ccccc3Oc3cc(N(c5ccccc5)c5ccccc5)cc(c32)N4c2ccccc2)c(C(C)C)c1. The summed E-state index contributed by atoms with van der Waals surface area (Å²) in [5.41, 5.74) is 24.8. The summed E-state index contributed by atoms with van der Waals surface area (Å²) >= 11 is 0. The van der Waals surface area contributed by atoms with Crippen LogP contribution in [0.5, 0.6) is 11.5 Å². The molecule has 0 atom stereocenters. The van der Waals surface area contributed by atoms with E-state index in [0.29, 0.717) is 5.92 Å². The van der Waals surface area contributed by atoms with Gasteiger partial charge in [-0.3, -0.25) is 0 Å². The first-order chi connectivity index (χ1) is 40.2. The van der Waals surface area contributed by atoms with Crippen LogP contribution >= 0.6 is 0 Å². The normalized spacial score (nSPS) is 12.8. The van der Waals surface area contributed by atoms with E-state index in [2.05, 4.69) is 322 Å². The number of para-hydroxylation sites is 7. The topological polar surface area (TPSA) is 22.2 Å². The van der Waals surface area contributed by atoms with Crippen LogP contribution in [0.3, 0.4) is 0 Å². The van der Waals surface area contributed by atoms with E-state index in [1.807, 2.05) is 0 Å². The second kappa shape index (κ2) is 20.9. The Hall–Kier alpha value is -9.45. The maximum absolute atomic E-state index is 7.25. The van der Waals surface area contributed by atoms with Crippen LogP contribution in [0.4, 0.5) is 68.2 Å². The molecule has 0 amide bonds. The fraction of sp³-hybridized carbons (Fsp3) is 0.120. The lowest BCUT2D eigenvalue weighted by Crippen LogP contribution is -2.63. The molecule has 3 aliphatic rings. The van der Waals surface area contributed by atoms with Gasteiger partial charge in [-0.15, -0.1) is 0 Å². The lowest BCUT2D eigenvalue weighted by Gasteiger charge is -2.44. The molecule has 0 saturated carbocycles. The maximum atomic E-state index is 7.25. The average Bonchev–Trinajstić information content (AvgIpc) is 2.35. The summed E-state index contributed by atoms with van der Waals surface area (Å²) in [4.78, 5) is 9.84. The molecule has 0 aliphatic carbocycles. The highest BCUT2D eigenvalue weighted by Crippen LogP contribution is 2.49. The van der Waals surface area contributed by atoms with Gasteiger partial charge in [-0.1, -0.05) is 199 Å². The van der Waals surface area contributed by atoms with Gasteiger partial charge in [0.15, 0.2) is 0 Å². The first kappa shape index (κ1) is 50.7. The predicted octanol–water partition coefficient (Wildman–Crippen LogP) is 16.7. The number of benzene rings is 11. The number of hydrogen-bond acceptors (Lipinski definition) is 5. The molecule has 14 rings (SSSR count). The number of fused-ring (bicyclic) bond motifs is 6. The van der Waals surface area contributed by atoms with Crippen molar-refractivity contribution in [3.8, 4) is 11.5 Å². The predicted molar refractivity (Wildman–Crippen MR) is 350 cm³/mol. The van der Waals surface area contributed by atoms with Gasteiger partial charge < -0.3 is 24.3 Å². The minimum atomic E-state index is -0.150. The van der Waals surface area contributed by atoms with Crippen molar-refractivity contribution < 1.29 is 4.74 Å². The number of anilines is 12. The Morgan fingerprint density at radius 3 is 1.21 bits per heavy atom. The van der Waals surface area contributed by atoms with Gasteiger partial charge in [-0.2, -0.15) is 0 Å². The third kappa shape index (κ3) is 8.66. The minimum Gasteiger partial charge on any atom is -0.458 e. The van der Waals surface area contributed by atoms with Gasteiger partial charge in [0.05, 0.1) is 5.69 Å². The first-order valence-electron chi connectivity index (χ1n) is 29.1. The standard InChI is InChI=1S/C75H64B2N4O/c1-50(2)53-43-62(51(3)4)74(63(44-53)52(5)6)76-64-42-41-60(78(54-27-13-7-14-28-54)55-29-15-8-16-30-55)45-68(64)80(58-35-21-11-22-36-58)69-49-70-67(48-66(69)76)77-65-39-25-26-40-72(65)82-73-47-61(46-71(75(73)77)81(70)59-37-23-12-24-38-59)79(56-31-17-9-18-32-56)57-33-19-10-20-34-57/h7-52H,1-6H3. The lowest BCUT2D eigenvalue weighted by molar-refractivity contribution is 0.487. The highest BCUT2D eigenvalue weighted by atomic mass is 16.5. The van der Waals surface area contributed by atoms with Gasteiger partial charge in [0.25, 0.3) is 6.71 Å². The van der Waals surface area contributed by atoms with E-state index in [9.17, 15) is 0 Å². The minimum absolute atomic E-state index is 0.129.